The summed E-state index contributed by atoms with van der Waals surface area (Å²) in [6.45, 7) is -4.10. The van der Waals surface area contributed by atoms with E-state index in [-0.39, 0.29) is 57.7 Å². The monoisotopic (exact) mass is 1320 g/mol. The van der Waals surface area contributed by atoms with Gasteiger partial charge in [-0.25, -0.2) is 19.2 Å². The van der Waals surface area contributed by atoms with Crippen molar-refractivity contribution in [1.82, 2.24) is 45.1 Å². The van der Waals surface area contributed by atoms with Gasteiger partial charge in [-0.05, 0) is 18.9 Å². The lowest BCUT2D eigenvalue weighted by molar-refractivity contribution is -0.183. The first-order valence-electron chi connectivity index (χ1n) is 26.8. The summed E-state index contributed by atoms with van der Waals surface area (Å²) in [6, 6.07) is -1.64. The molecule has 17 N–H and O–H groups in total. The van der Waals surface area contributed by atoms with E-state index in [1.807, 2.05) is 5.32 Å². The number of hydrogen-bond acceptors (Lipinski definition) is 25. The van der Waals surface area contributed by atoms with Crippen molar-refractivity contribution in [3.63, 3.8) is 0 Å². The molecule has 508 valence electrons. The normalized spacial score (nSPS) is 36.7. The van der Waals surface area contributed by atoms with E-state index in [2.05, 4.69) is 15.6 Å². The van der Waals surface area contributed by atoms with Crippen LogP contribution in [0, 0.1) is 0 Å². The fraction of sp³-hybridized carbons (Fsp3) is 0.804. The zero-order valence-electron chi connectivity index (χ0n) is 46.0. The number of aliphatic hydroxyl groups excluding tert-OH is 12. The van der Waals surface area contributed by atoms with E-state index in [1.165, 1.54) is 0 Å². The van der Waals surface area contributed by atoms with Crippen LogP contribution in [0.4, 0.5) is 64.1 Å². The Bertz CT molecular complexity index is 2630. The van der Waals surface area contributed by atoms with Gasteiger partial charge in [0.15, 0.2) is 36.7 Å². The van der Waals surface area contributed by atoms with Crippen LogP contribution in [-0.2, 0) is 33.3 Å². The number of carbonyl (C=O) groups excluding carboxylic acids is 5. The van der Waals surface area contributed by atoms with E-state index in [1.54, 1.807) is 0 Å². The van der Waals surface area contributed by atoms with Crippen LogP contribution in [-0.4, -0.2) is 308 Å². The number of halogens is 10. The first-order valence-corrected chi connectivity index (χ1v) is 26.8. The molecule has 0 spiro atoms. The van der Waals surface area contributed by atoms with Crippen molar-refractivity contribution < 1.29 is 153 Å². The predicted octanol–water partition coefficient (Wildman–Crippen LogP) is -6.07. The highest BCUT2D eigenvalue weighted by Gasteiger charge is 2.65. The number of nitrogen functional groups attached to an aromatic ring is 1. The molecule has 10 rings (SSSR count). The van der Waals surface area contributed by atoms with Crippen LogP contribution >= 0.6 is 0 Å². The van der Waals surface area contributed by atoms with Crippen LogP contribution < -0.4 is 27.4 Å². The molecule has 9 saturated heterocycles. The number of aromatic nitrogens is 2. The standard InChI is InChI=1S/C10H15F2NO4.C9H11F2N3O4.2C9H14F2N2O5.C9H12F2N2O5/c11-10(12)8(16)6(5-14)17-9(10)13-4-2-1-3-7(13)15;10-9(11)6(16)4(3-15)18-7(9)14-2-1-5(12)13-8(14)17;3*10-9(11)6(16)4(3-14)18-7(9)13-2-1-5(15)12-8(13)17/h6,8-9,14,16H,1-5H2;1-2,4,6-7,15-16H,3H2,(H2,12,13,17);2*4-7,14-16H,1-3H2,(H,12,17);4,6-7,14,16H,1-3H2,(H,12,15,17)/t6-,8-,9-;4-,6-,7-;4-,5+,6-,7-;4-,5-,6-,7-;4-,6-,7-/m11111/s1. The van der Waals surface area contributed by atoms with E-state index in [4.69, 9.17) is 65.2 Å². The average Bonchev–Trinajstić information content (AvgIpc) is 1.77. The molecule has 8 amide bonds. The first kappa shape index (κ1) is 72.3. The third-order valence-corrected chi connectivity index (χ3v) is 14.9. The number of amides is 8. The maximum absolute atomic E-state index is 13.7. The van der Waals surface area contributed by atoms with Gasteiger partial charge in [-0.1, -0.05) is 0 Å². The SMILES string of the molecule is Nc1ccn([C@@H]2O[C@H](CO)[C@@H](O)C2(F)F)c(=O)n1.O=C1CCCCN1[C@@H]1O[C@H](CO)[C@@H](O)C1(F)F.O=C1CCN([C@@H]2O[C@H](CO)[C@@H](O)C2(F)F)C(=O)N1.O=C1N[C@@H](O)CCN1[C@@H]1O[C@H](CO)[C@@H](O)C1(F)F.O=C1N[C@H](O)CCN1[C@@H]1O[C@H](CO)[C@@H](O)C1(F)F. The predicted molar refractivity (Wildman–Crippen MR) is 264 cm³/mol. The molecule has 0 radical (unpaired) electrons. The molecule has 10 heterocycles. The van der Waals surface area contributed by atoms with Crippen molar-refractivity contribution in [3.05, 3.63) is 22.7 Å². The number of rotatable bonds is 10. The second kappa shape index (κ2) is 28.8. The molecule has 9 aliphatic rings. The van der Waals surface area contributed by atoms with Crippen molar-refractivity contribution in [3.8, 4) is 0 Å². The molecular formula is C46H66F10N10O23. The van der Waals surface area contributed by atoms with Crippen LogP contribution in [0.5, 0.6) is 0 Å². The molecule has 43 heteroatoms. The van der Waals surface area contributed by atoms with Gasteiger partial charge in [-0.3, -0.25) is 34.2 Å². The topological polar surface area (TPSA) is 484 Å². The fourth-order valence-electron chi connectivity index (χ4n) is 9.96. The zero-order chi connectivity index (χ0) is 66.6. The van der Waals surface area contributed by atoms with E-state index in [0.717, 1.165) is 17.2 Å². The molecule has 0 aromatic carbocycles. The number of nitrogens with one attached hydrogen (secondary N) is 3. The Morgan fingerprint density at radius 3 is 1.12 bits per heavy atom. The number of aliphatic hydroxyl groups is 12. The molecule has 9 fully saturated rings. The van der Waals surface area contributed by atoms with E-state index >= 15 is 0 Å². The summed E-state index contributed by atoms with van der Waals surface area (Å²) in [5, 5.41) is 115. The number of likely N-dealkylation sites (tertiary alicyclic amines) is 1. The number of hydrogen-bond donors (Lipinski definition) is 16. The second-order valence-electron chi connectivity index (χ2n) is 20.9. The fourth-order valence-corrected chi connectivity index (χ4v) is 9.96. The van der Waals surface area contributed by atoms with Gasteiger partial charge in [0.25, 0.3) is 0 Å². The van der Waals surface area contributed by atoms with Gasteiger partial charge in [-0.2, -0.15) is 48.9 Å². The van der Waals surface area contributed by atoms with Gasteiger partial charge < -0.3 is 106 Å². The average molecular weight is 1320 g/mol. The maximum atomic E-state index is 13.7. The Morgan fingerprint density at radius 1 is 0.472 bits per heavy atom. The largest absolute Gasteiger partial charge is 0.394 e. The van der Waals surface area contributed by atoms with E-state index in [0.29, 0.717) is 32.1 Å². The minimum absolute atomic E-state index is 0.0710. The number of imide groups is 1. The smallest absolute Gasteiger partial charge is 0.351 e. The van der Waals surface area contributed by atoms with Gasteiger partial charge in [-0.15, -0.1) is 0 Å². The molecule has 9 aliphatic heterocycles. The lowest BCUT2D eigenvalue weighted by atomic mass is 10.1. The van der Waals surface area contributed by atoms with Crippen LogP contribution in [0.15, 0.2) is 17.1 Å². The minimum atomic E-state index is -3.71. The minimum Gasteiger partial charge on any atom is -0.394 e. The molecular weight excluding hydrogens is 1250 g/mol. The summed E-state index contributed by atoms with van der Waals surface area (Å²) in [4.78, 5) is 74.5. The summed E-state index contributed by atoms with van der Waals surface area (Å²) in [5.74, 6) is -19.4. The molecule has 1 aromatic rings. The quantitative estimate of drug-likeness (QED) is 0.0970. The van der Waals surface area contributed by atoms with Crippen molar-refractivity contribution in [2.24, 2.45) is 0 Å². The summed E-state index contributed by atoms with van der Waals surface area (Å²) in [7, 11) is 0. The molecule has 33 nitrogen and oxygen atoms in total. The summed E-state index contributed by atoms with van der Waals surface area (Å²) in [6.07, 6.45) is -27.2. The number of urea groups is 3. The van der Waals surface area contributed by atoms with Gasteiger partial charge in [0.05, 0.1) is 33.0 Å². The number of piperidine rings is 1. The number of carbonyl (C=O) groups is 5. The van der Waals surface area contributed by atoms with E-state index < -0.39 is 203 Å². The van der Waals surface area contributed by atoms with E-state index in [9.17, 15) is 98.2 Å². The molecule has 0 unspecified atom stereocenters. The van der Waals surface area contributed by atoms with Crippen molar-refractivity contribution >= 4 is 35.7 Å². The summed E-state index contributed by atoms with van der Waals surface area (Å²) >= 11 is 0. The number of alkyl halides is 10. The highest BCUT2D eigenvalue weighted by atomic mass is 19.3. The third-order valence-electron chi connectivity index (χ3n) is 14.9. The van der Waals surface area contributed by atoms with Crippen LogP contribution in [0.2, 0.25) is 0 Å². The Kier molecular flexibility index (Phi) is 23.4. The van der Waals surface area contributed by atoms with Crippen LogP contribution in [0.3, 0.4) is 0 Å². The lowest BCUT2D eigenvalue weighted by Gasteiger charge is -2.36. The van der Waals surface area contributed by atoms with Gasteiger partial charge in [0, 0.05) is 58.1 Å². The highest BCUT2D eigenvalue weighted by molar-refractivity contribution is 5.96. The summed E-state index contributed by atoms with van der Waals surface area (Å²) in [5.41, 5.74) is 4.21. The number of nitrogens with zero attached hydrogens (tertiary/aromatic N) is 6. The first-order chi connectivity index (χ1) is 41.5. The lowest BCUT2D eigenvalue weighted by Crippen LogP contribution is -2.59. The van der Waals surface area contributed by atoms with Crippen LogP contribution in [0.1, 0.15) is 44.8 Å². The third kappa shape index (κ3) is 15.1. The molecule has 17 atom stereocenters. The number of anilines is 1. The number of nitrogens with two attached hydrogens (primary N) is 1. The van der Waals surface area contributed by atoms with Crippen LogP contribution in [0.25, 0.3) is 0 Å². The molecule has 0 bridgehead atoms. The Hall–Kier alpha value is -5.75. The van der Waals surface area contributed by atoms with Crippen molar-refractivity contribution in [1.29, 1.82) is 0 Å². The second-order valence-corrected chi connectivity index (χ2v) is 20.9. The Balaban J connectivity index is 0.000000177. The van der Waals surface area contributed by atoms with Gasteiger partial charge in [0.2, 0.25) is 36.7 Å². The molecule has 89 heavy (non-hydrogen) atoms. The molecule has 1 aromatic heterocycles. The molecule has 0 saturated carbocycles. The number of ether oxygens (including phenoxy) is 5. The van der Waals surface area contributed by atoms with Crippen molar-refractivity contribution in [2.75, 3.05) is 64.9 Å². The Labute approximate surface area is 493 Å². The maximum Gasteiger partial charge on any atom is 0.351 e. The van der Waals surface area contributed by atoms with Gasteiger partial charge in [0.1, 0.15) is 48.8 Å². The highest BCUT2D eigenvalue weighted by Crippen LogP contribution is 2.44. The van der Waals surface area contributed by atoms with Gasteiger partial charge >= 0.3 is 53.4 Å². The zero-order valence-corrected chi connectivity index (χ0v) is 46.0. The van der Waals surface area contributed by atoms with Crippen molar-refractivity contribution in [2.45, 2.75) is 173 Å². The summed E-state index contributed by atoms with van der Waals surface area (Å²) < 4.78 is 162. The Morgan fingerprint density at radius 2 is 0.809 bits per heavy atom. The molecule has 0 aliphatic carbocycles.